The minimum atomic E-state index is -3.64. The Morgan fingerprint density at radius 3 is 2.54 bits per heavy atom. The van der Waals surface area contributed by atoms with Crippen LogP contribution in [0.5, 0.6) is 0 Å². The summed E-state index contributed by atoms with van der Waals surface area (Å²) < 4.78 is 47.3. The van der Waals surface area contributed by atoms with E-state index in [0.29, 0.717) is 36.0 Å². The Morgan fingerprint density at radius 2 is 1.80 bits per heavy atom. The molecule has 2 aromatic carbocycles. The number of aromatic nitrogens is 2. The van der Waals surface area contributed by atoms with Gasteiger partial charge in [0, 0.05) is 55.4 Å². The molecular weight excluding hydrogens is 561 g/mol. The van der Waals surface area contributed by atoms with Crippen molar-refractivity contribution in [3.63, 3.8) is 0 Å². The SMILES string of the molecule is CN(CC1=CC2=CNSN2C=C1)C1CCN(S(=O)(=O)c2ccc(-c3cnc(N)nc3-c3ccc(F)cc3)cc2)CC1. The van der Waals surface area contributed by atoms with Crippen LogP contribution in [0.15, 0.2) is 95.4 Å². The van der Waals surface area contributed by atoms with Crippen LogP contribution in [-0.4, -0.2) is 64.6 Å². The number of piperidine rings is 1. The number of nitrogens with zero attached hydrogens (tertiary/aromatic N) is 5. The van der Waals surface area contributed by atoms with Crippen molar-refractivity contribution >= 4 is 28.1 Å². The lowest BCUT2D eigenvalue weighted by Gasteiger charge is -2.36. The Hall–Kier alpha value is -3.71. The number of anilines is 1. The molecule has 1 saturated heterocycles. The van der Waals surface area contributed by atoms with Crippen molar-refractivity contribution < 1.29 is 12.8 Å². The monoisotopic (exact) mass is 591 g/mol. The first-order chi connectivity index (χ1) is 19.8. The van der Waals surface area contributed by atoms with E-state index in [-0.39, 0.29) is 16.7 Å². The molecule has 0 bridgehead atoms. The van der Waals surface area contributed by atoms with Gasteiger partial charge in [-0.3, -0.25) is 9.21 Å². The van der Waals surface area contributed by atoms with E-state index >= 15 is 0 Å². The largest absolute Gasteiger partial charge is 0.368 e. The third-order valence-electron chi connectivity index (χ3n) is 7.58. The molecule has 6 rings (SSSR count). The summed E-state index contributed by atoms with van der Waals surface area (Å²) in [5, 5.41) is 0. The topological polar surface area (TPSA) is 108 Å². The second-order valence-corrected chi connectivity index (χ2v) is 13.0. The average molecular weight is 592 g/mol. The number of fused-ring (bicyclic) bond motifs is 1. The Kier molecular flexibility index (Phi) is 7.56. The fraction of sp³-hybridized carbons (Fsp3) is 0.241. The van der Waals surface area contributed by atoms with E-state index in [4.69, 9.17) is 5.73 Å². The lowest BCUT2D eigenvalue weighted by molar-refractivity contribution is 0.179. The Labute approximate surface area is 243 Å². The van der Waals surface area contributed by atoms with Crippen molar-refractivity contribution in [2.45, 2.75) is 23.8 Å². The number of sulfonamides is 1. The van der Waals surface area contributed by atoms with Gasteiger partial charge in [0.2, 0.25) is 16.0 Å². The van der Waals surface area contributed by atoms with Gasteiger partial charge in [-0.15, -0.1) is 0 Å². The minimum Gasteiger partial charge on any atom is -0.368 e. The van der Waals surface area contributed by atoms with E-state index in [1.165, 1.54) is 29.8 Å². The molecule has 0 atom stereocenters. The average Bonchev–Trinajstić information content (AvgIpc) is 3.46. The number of likely N-dealkylation sites (N-methyl/N-ethyl adjacent to an activating group) is 1. The van der Waals surface area contributed by atoms with Crippen molar-refractivity contribution in [1.29, 1.82) is 0 Å². The van der Waals surface area contributed by atoms with Gasteiger partial charge in [0.15, 0.2) is 0 Å². The Bertz CT molecular complexity index is 1630. The smallest absolute Gasteiger partial charge is 0.243 e. The summed E-state index contributed by atoms with van der Waals surface area (Å²) in [4.78, 5) is 11.0. The quantitative estimate of drug-likeness (QED) is 0.387. The molecule has 0 spiro atoms. The maximum atomic E-state index is 13.5. The first-order valence-electron chi connectivity index (χ1n) is 13.3. The molecule has 1 fully saturated rings. The summed E-state index contributed by atoms with van der Waals surface area (Å²) in [6.45, 7) is 1.74. The molecule has 12 heteroatoms. The molecule has 41 heavy (non-hydrogen) atoms. The van der Waals surface area contributed by atoms with Crippen molar-refractivity contribution in [2.24, 2.45) is 0 Å². The number of nitrogens with two attached hydrogens (primary N) is 1. The van der Waals surface area contributed by atoms with Gasteiger partial charge < -0.3 is 10.5 Å². The standard InChI is InChI=1S/C29H30FN7O2S2/c1-35(19-20-10-15-37-25(16-20)17-33-40-37)24-11-13-36(14-12-24)41(38,39)26-8-4-21(5-9-26)27-18-32-29(31)34-28(27)22-2-6-23(30)7-3-22/h2-10,15-18,24,33H,11-14,19H2,1H3,(H2,31,32,34). The first-order valence-corrected chi connectivity index (χ1v) is 15.5. The van der Waals surface area contributed by atoms with Gasteiger partial charge in [-0.25, -0.2) is 22.8 Å². The summed E-state index contributed by atoms with van der Waals surface area (Å²) in [6, 6.07) is 13.0. The summed E-state index contributed by atoms with van der Waals surface area (Å²) in [7, 11) is -1.54. The van der Waals surface area contributed by atoms with Crippen LogP contribution in [0.25, 0.3) is 22.4 Å². The van der Waals surface area contributed by atoms with Crippen LogP contribution in [0.2, 0.25) is 0 Å². The molecule has 0 aliphatic carbocycles. The van der Waals surface area contributed by atoms with Crippen LogP contribution in [0.4, 0.5) is 10.3 Å². The number of rotatable bonds is 7. The highest BCUT2D eigenvalue weighted by Crippen LogP contribution is 2.33. The number of hydrogen-bond acceptors (Lipinski definition) is 9. The zero-order chi connectivity index (χ0) is 28.6. The molecule has 3 aliphatic heterocycles. The fourth-order valence-electron chi connectivity index (χ4n) is 5.31. The number of halogens is 1. The van der Waals surface area contributed by atoms with Crippen molar-refractivity contribution in [1.82, 2.24) is 28.2 Å². The molecule has 4 heterocycles. The highest BCUT2D eigenvalue weighted by Gasteiger charge is 2.31. The van der Waals surface area contributed by atoms with Gasteiger partial charge in [-0.1, -0.05) is 12.1 Å². The number of nitrogens with one attached hydrogen (secondary N) is 1. The summed E-state index contributed by atoms with van der Waals surface area (Å²) in [5.74, 6) is -0.251. The molecule has 9 nitrogen and oxygen atoms in total. The van der Waals surface area contributed by atoms with Crippen molar-refractivity contribution in [2.75, 3.05) is 32.4 Å². The summed E-state index contributed by atoms with van der Waals surface area (Å²) >= 11 is 1.54. The molecule has 0 unspecified atom stereocenters. The van der Waals surface area contributed by atoms with Crippen molar-refractivity contribution in [3.8, 4) is 22.4 Å². The van der Waals surface area contributed by atoms with E-state index in [2.05, 4.69) is 49.3 Å². The third-order valence-corrected chi connectivity index (χ3v) is 10.2. The highest BCUT2D eigenvalue weighted by atomic mass is 32.2. The van der Waals surface area contributed by atoms with Gasteiger partial charge in [0.25, 0.3) is 0 Å². The van der Waals surface area contributed by atoms with E-state index in [1.807, 2.05) is 6.20 Å². The molecule has 0 radical (unpaired) electrons. The van der Waals surface area contributed by atoms with E-state index in [9.17, 15) is 12.8 Å². The van der Waals surface area contributed by atoms with Crippen LogP contribution in [0, 0.1) is 5.82 Å². The van der Waals surface area contributed by atoms with Gasteiger partial charge in [-0.05, 0) is 79.6 Å². The Balaban J connectivity index is 1.12. The maximum absolute atomic E-state index is 13.5. The number of nitrogen functional groups attached to an aromatic ring is 1. The zero-order valence-electron chi connectivity index (χ0n) is 22.4. The van der Waals surface area contributed by atoms with Gasteiger partial charge in [0.05, 0.1) is 28.4 Å². The highest BCUT2D eigenvalue weighted by molar-refractivity contribution is 7.95. The second kappa shape index (κ2) is 11.3. The van der Waals surface area contributed by atoms with Gasteiger partial charge in [-0.2, -0.15) is 4.31 Å². The van der Waals surface area contributed by atoms with Crippen LogP contribution in [0.1, 0.15) is 12.8 Å². The second-order valence-electron chi connectivity index (χ2n) is 10.2. The molecule has 3 aliphatic rings. The van der Waals surface area contributed by atoms with E-state index < -0.39 is 10.0 Å². The number of hydrogen-bond donors (Lipinski definition) is 2. The predicted molar refractivity (Wildman–Crippen MR) is 160 cm³/mol. The van der Waals surface area contributed by atoms with E-state index in [1.54, 1.807) is 46.9 Å². The zero-order valence-corrected chi connectivity index (χ0v) is 24.1. The normalized spacial score (nSPS) is 17.8. The summed E-state index contributed by atoms with van der Waals surface area (Å²) in [6.07, 6.45) is 11.5. The van der Waals surface area contributed by atoms with Gasteiger partial charge in [0.1, 0.15) is 5.82 Å². The van der Waals surface area contributed by atoms with Crippen LogP contribution >= 0.6 is 12.1 Å². The number of benzene rings is 2. The first kappa shape index (κ1) is 27.5. The Morgan fingerprint density at radius 1 is 1.10 bits per heavy atom. The summed E-state index contributed by atoms with van der Waals surface area (Å²) in [5.41, 5.74) is 10.8. The van der Waals surface area contributed by atoms with Crippen LogP contribution < -0.4 is 10.5 Å². The minimum absolute atomic E-state index is 0.0995. The lowest BCUT2D eigenvalue weighted by atomic mass is 10.0. The maximum Gasteiger partial charge on any atom is 0.243 e. The number of allylic oxidation sites excluding steroid dienone is 1. The third kappa shape index (κ3) is 5.73. The molecule has 3 N–H and O–H groups in total. The van der Waals surface area contributed by atoms with Crippen LogP contribution in [0.3, 0.4) is 0 Å². The molecule has 0 saturated carbocycles. The molecule has 3 aromatic rings. The van der Waals surface area contributed by atoms with Crippen molar-refractivity contribution in [3.05, 3.63) is 96.4 Å². The van der Waals surface area contributed by atoms with Crippen LogP contribution in [-0.2, 0) is 10.0 Å². The lowest BCUT2D eigenvalue weighted by Crippen LogP contribution is -2.45. The molecule has 0 amide bonds. The molecule has 1 aromatic heterocycles. The predicted octanol–water partition coefficient (Wildman–Crippen LogP) is 4.38. The fourth-order valence-corrected chi connectivity index (χ4v) is 7.40. The van der Waals surface area contributed by atoms with E-state index in [0.717, 1.165) is 30.6 Å². The van der Waals surface area contributed by atoms with Gasteiger partial charge >= 0.3 is 0 Å². The molecule has 212 valence electrons. The molecular formula is C29H30FN7O2S2.